The number of carbonyl (C=O) groups excluding carboxylic acids is 2. The normalized spacial score (nSPS) is 13.8. The second-order valence-corrected chi connectivity index (χ2v) is 7.23. The third-order valence-corrected chi connectivity index (χ3v) is 3.99. The summed E-state index contributed by atoms with van der Waals surface area (Å²) in [4.78, 5) is 28.3. The van der Waals surface area contributed by atoms with Crippen molar-refractivity contribution in [1.29, 1.82) is 10.5 Å². The van der Waals surface area contributed by atoms with Crippen molar-refractivity contribution < 1.29 is 14.3 Å². The highest BCUT2D eigenvalue weighted by Crippen LogP contribution is 2.19. The van der Waals surface area contributed by atoms with E-state index in [0.29, 0.717) is 37.4 Å². The van der Waals surface area contributed by atoms with E-state index in [0.717, 1.165) is 0 Å². The van der Waals surface area contributed by atoms with E-state index < -0.39 is 5.60 Å². The molecule has 1 N–H and O–H groups in total. The van der Waals surface area contributed by atoms with Crippen molar-refractivity contribution in [2.45, 2.75) is 26.4 Å². The zero-order valence-electron chi connectivity index (χ0n) is 16.2. The molecule has 2 rings (SSSR count). The Bertz CT molecular complexity index is 834. The molecular weight excluding hydrogens is 358 g/mol. The van der Waals surface area contributed by atoms with E-state index in [1.807, 2.05) is 20.8 Å². The van der Waals surface area contributed by atoms with Gasteiger partial charge in [-0.2, -0.15) is 10.5 Å². The van der Waals surface area contributed by atoms with Gasteiger partial charge >= 0.3 is 6.09 Å². The number of carbonyl (C=O) groups is 2. The Hall–Kier alpha value is -3.52. The number of nitrogens with zero attached hydrogens (tertiary/aromatic N) is 4. The number of allylic oxidation sites excluding steroid dienone is 1. The number of benzene rings is 1. The zero-order chi connectivity index (χ0) is 20.7. The summed E-state index contributed by atoms with van der Waals surface area (Å²) in [5, 5.41) is 20.5. The van der Waals surface area contributed by atoms with Crippen molar-refractivity contribution in [3.05, 3.63) is 41.6 Å². The van der Waals surface area contributed by atoms with Crippen LogP contribution in [0.3, 0.4) is 0 Å². The van der Waals surface area contributed by atoms with E-state index in [9.17, 15) is 9.59 Å². The minimum absolute atomic E-state index is 0.0896. The van der Waals surface area contributed by atoms with Crippen LogP contribution in [0.15, 0.2) is 36.0 Å². The Kier molecular flexibility index (Phi) is 6.62. The molecule has 0 saturated carbocycles. The molecule has 1 aliphatic rings. The van der Waals surface area contributed by atoms with Crippen LogP contribution in [0.4, 0.5) is 10.5 Å². The van der Waals surface area contributed by atoms with Crippen molar-refractivity contribution in [2.24, 2.45) is 0 Å². The smallest absolute Gasteiger partial charge is 0.410 e. The van der Waals surface area contributed by atoms with Crippen molar-refractivity contribution in [1.82, 2.24) is 9.80 Å². The summed E-state index contributed by atoms with van der Waals surface area (Å²) < 4.78 is 5.37. The lowest BCUT2D eigenvalue weighted by Crippen LogP contribution is -2.51. The molecule has 28 heavy (non-hydrogen) atoms. The van der Waals surface area contributed by atoms with E-state index in [1.54, 1.807) is 46.2 Å². The molecule has 0 radical (unpaired) electrons. The molecule has 146 valence electrons. The third-order valence-electron chi connectivity index (χ3n) is 3.99. The van der Waals surface area contributed by atoms with Crippen LogP contribution in [0.25, 0.3) is 0 Å². The Balaban J connectivity index is 2.05. The number of nitriles is 2. The number of rotatable bonds is 3. The van der Waals surface area contributed by atoms with E-state index in [-0.39, 0.29) is 17.6 Å². The predicted octanol–water partition coefficient (Wildman–Crippen LogP) is 2.72. The van der Waals surface area contributed by atoms with Crippen molar-refractivity contribution in [3.63, 3.8) is 0 Å². The molecule has 2 amide bonds. The molecule has 1 aromatic rings. The summed E-state index contributed by atoms with van der Waals surface area (Å²) >= 11 is 0. The standard InChI is InChI=1S/C20H23N5O3/c1-20(2,3)28-19(27)25-10-8-24(9-11-25)18(26)16-6-4-5-7-17(16)23-14-15(12-21)13-22/h4-7,14,23H,8-11H2,1-3H3. The molecule has 1 saturated heterocycles. The molecule has 1 aliphatic heterocycles. The summed E-state index contributed by atoms with van der Waals surface area (Å²) in [6, 6.07) is 10.4. The van der Waals surface area contributed by atoms with E-state index in [1.165, 1.54) is 6.20 Å². The lowest BCUT2D eigenvalue weighted by atomic mass is 10.1. The average molecular weight is 381 g/mol. The van der Waals surface area contributed by atoms with Crippen LogP contribution in [-0.4, -0.2) is 53.6 Å². The molecule has 8 heteroatoms. The van der Waals surface area contributed by atoms with Crippen LogP contribution < -0.4 is 5.32 Å². The fourth-order valence-electron chi connectivity index (χ4n) is 2.62. The number of anilines is 1. The second-order valence-electron chi connectivity index (χ2n) is 7.23. The lowest BCUT2D eigenvalue weighted by molar-refractivity contribution is 0.0141. The summed E-state index contributed by atoms with van der Waals surface area (Å²) in [5.41, 5.74) is 0.284. The van der Waals surface area contributed by atoms with E-state index in [4.69, 9.17) is 15.3 Å². The molecule has 1 fully saturated rings. The van der Waals surface area contributed by atoms with E-state index >= 15 is 0 Å². The van der Waals surface area contributed by atoms with Crippen LogP contribution in [0.1, 0.15) is 31.1 Å². The van der Waals surface area contributed by atoms with Crippen molar-refractivity contribution in [2.75, 3.05) is 31.5 Å². The largest absolute Gasteiger partial charge is 0.444 e. The number of amides is 2. The SMILES string of the molecule is CC(C)(C)OC(=O)N1CCN(C(=O)c2ccccc2NC=C(C#N)C#N)CC1. The number of hydrogen-bond donors (Lipinski definition) is 1. The number of ether oxygens (including phenoxy) is 1. The molecule has 0 aromatic heterocycles. The van der Waals surface area contributed by atoms with Crippen LogP contribution in [0.2, 0.25) is 0 Å². The van der Waals surface area contributed by atoms with E-state index in [2.05, 4.69) is 5.32 Å². The van der Waals surface area contributed by atoms with Crippen LogP contribution in [0.5, 0.6) is 0 Å². The first kappa shape index (κ1) is 20.8. The minimum Gasteiger partial charge on any atom is -0.444 e. The first-order chi connectivity index (χ1) is 13.2. The van der Waals surface area contributed by atoms with Crippen molar-refractivity contribution in [3.8, 4) is 12.1 Å². The number of nitrogens with one attached hydrogen (secondary N) is 1. The molecule has 8 nitrogen and oxygen atoms in total. The fraction of sp³-hybridized carbons (Fsp3) is 0.400. The summed E-state index contributed by atoms with van der Waals surface area (Å²) in [6.45, 7) is 7.01. The minimum atomic E-state index is -0.562. The Morgan fingerprint density at radius 3 is 2.21 bits per heavy atom. The maximum Gasteiger partial charge on any atom is 0.410 e. The molecular formula is C20H23N5O3. The first-order valence-corrected chi connectivity index (χ1v) is 8.88. The first-order valence-electron chi connectivity index (χ1n) is 8.88. The van der Waals surface area contributed by atoms with Crippen LogP contribution in [0, 0.1) is 22.7 Å². The highest BCUT2D eigenvalue weighted by atomic mass is 16.6. The Labute approximate surface area is 164 Å². The number of hydrogen-bond acceptors (Lipinski definition) is 6. The fourth-order valence-corrected chi connectivity index (χ4v) is 2.62. The molecule has 0 unspecified atom stereocenters. The summed E-state index contributed by atoms with van der Waals surface area (Å²) in [6.07, 6.45) is 0.888. The van der Waals surface area contributed by atoms with Gasteiger partial charge in [0, 0.05) is 32.4 Å². The molecule has 0 spiro atoms. The highest BCUT2D eigenvalue weighted by Gasteiger charge is 2.28. The van der Waals surface area contributed by atoms with Gasteiger partial charge in [0.25, 0.3) is 5.91 Å². The quantitative estimate of drug-likeness (QED) is 0.806. The van der Waals surface area contributed by atoms with Gasteiger partial charge in [-0.05, 0) is 32.9 Å². The summed E-state index contributed by atoms with van der Waals surface area (Å²) in [5.74, 6) is -0.184. The molecule has 0 atom stereocenters. The highest BCUT2D eigenvalue weighted by molar-refractivity contribution is 6.00. The lowest BCUT2D eigenvalue weighted by Gasteiger charge is -2.35. The molecule has 1 heterocycles. The van der Waals surface area contributed by atoms with Gasteiger partial charge in [0.15, 0.2) is 0 Å². The van der Waals surface area contributed by atoms with Gasteiger partial charge in [0.1, 0.15) is 23.3 Å². The van der Waals surface area contributed by atoms with Gasteiger partial charge in [-0.25, -0.2) is 4.79 Å². The summed E-state index contributed by atoms with van der Waals surface area (Å²) in [7, 11) is 0. The second kappa shape index (κ2) is 8.92. The predicted molar refractivity (Wildman–Crippen MR) is 103 cm³/mol. The third kappa shape index (κ3) is 5.49. The topological polar surface area (TPSA) is 109 Å². The van der Waals surface area contributed by atoms with Crippen LogP contribution >= 0.6 is 0 Å². The Morgan fingerprint density at radius 1 is 1.07 bits per heavy atom. The van der Waals surface area contributed by atoms with Gasteiger partial charge in [-0.15, -0.1) is 0 Å². The molecule has 0 bridgehead atoms. The van der Waals surface area contributed by atoms with Gasteiger partial charge in [0.2, 0.25) is 0 Å². The van der Waals surface area contributed by atoms with Gasteiger partial charge in [-0.1, -0.05) is 12.1 Å². The number of piperazine rings is 1. The van der Waals surface area contributed by atoms with Crippen LogP contribution in [-0.2, 0) is 4.74 Å². The maximum atomic E-state index is 12.9. The van der Waals surface area contributed by atoms with Crippen molar-refractivity contribution >= 4 is 17.7 Å². The Morgan fingerprint density at radius 2 is 1.64 bits per heavy atom. The average Bonchev–Trinajstić information content (AvgIpc) is 2.67. The van der Waals surface area contributed by atoms with Gasteiger partial charge in [-0.3, -0.25) is 4.79 Å². The van der Waals surface area contributed by atoms with Gasteiger partial charge in [0.05, 0.1) is 11.3 Å². The number of para-hydroxylation sites is 1. The monoisotopic (exact) mass is 381 g/mol. The zero-order valence-corrected chi connectivity index (χ0v) is 16.2. The molecule has 0 aliphatic carbocycles. The maximum absolute atomic E-state index is 12.9. The molecule has 1 aromatic carbocycles. The van der Waals surface area contributed by atoms with Gasteiger partial charge < -0.3 is 19.9 Å².